The molecule has 1 heterocycles. The number of likely N-dealkylation sites (tertiary alicyclic amines) is 1. The maximum atomic E-state index is 6.00. The van der Waals surface area contributed by atoms with Crippen LogP contribution in [-0.4, -0.2) is 26.2 Å². The molecule has 0 unspecified atom stereocenters. The van der Waals surface area contributed by atoms with E-state index in [1.165, 1.54) is 62.0 Å². The van der Waals surface area contributed by atoms with Gasteiger partial charge in [0.25, 0.3) is 0 Å². The Balaban J connectivity index is 1.76. The second-order valence-corrected chi connectivity index (χ2v) is 5.99. The molecule has 0 radical (unpaired) electrons. The highest BCUT2D eigenvalue weighted by Crippen LogP contribution is 2.24. The van der Waals surface area contributed by atoms with Gasteiger partial charge in [-0.2, -0.15) is 0 Å². The quantitative estimate of drug-likeness (QED) is 0.805. The fraction of sp³-hybridized carbons (Fsp3) is 0.647. The summed E-state index contributed by atoms with van der Waals surface area (Å²) in [6, 6.07) is 4.41. The van der Waals surface area contributed by atoms with E-state index in [0.29, 0.717) is 0 Å². The van der Waals surface area contributed by atoms with Crippen molar-refractivity contribution in [2.45, 2.75) is 46.5 Å². The van der Waals surface area contributed by atoms with E-state index in [1.54, 1.807) is 4.90 Å². The summed E-state index contributed by atoms with van der Waals surface area (Å²) in [4.78, 5) is 1.77. The number of piperidine rings is 1. The van der Waals surface area contributed by atoms with Crippen molar-refractivity contribution in [3.8, 4) is 5.75 Å². The molecule has 0 aromatic heterocycles. The normalized spacial score (nSPS) is 16.6. The molecule has 1 aromatic rings. The average molecular weight is 262 g/mol. The largest absolute Gasteiger partial charge is 0.493 e. The lowest BCUT2D eigenvalue weighted by molar-refractivity contribution is -0.905. The van der Waals surface area contributed by atoms with Crippen molar-refractivity contribution in [2.75, 3.05) is 26.2 Å². The molecule has 19 heavy (non-hydrogen) atoms. The molecular weight excluding hydrogens is 234 g/mol. The fourth-order valence-corrected chi connectivity index (χ4v) is 3.19. The molecule has 0 bridgehead atoms. The Kier molecular flexibility index (Phi) is 5.26. The van der Waals surface area contributed by atoms with E-state index in [2.05, 4.69) is 32.9 Å². The van der Waals surface area contributed by atoms with Crippen LogP contribution in [0.15, 0.2) is 12.1 Å². The van der Waals surface area contributed by atoms with Crippen LogP contribution in [0.25, 0.3) is 0 Å². The summed E-state index contributed by atoms with van der Waals surface area (Å²) < 4.78 is 6.00. The third kappa shape index (κ3) is 4.24. The number of quaternary nitrogens is 1. The monoisotopic (exact) mass is 262 g/mol. The molecule has 1 fully saturated rings. The zero-order valence-electron chi connectivity index (χ0n) is 12.7. The standard InChI is InChI=1S/C17H27NO/c1-14-12-15(2)17(16(3)13-14)19-11-7-10-18-8-5-4-6-9-18/h12-13H,4-11H2,1-3H3/p+1. The van der Waals surface area contributed by atoms with Crippen LogP contribution in [0.4, 0.5) is 0 Å². The van der Waals surface area contributed by atoms with Crippen molar-refractivity contribution in [3.05, 3.63) is 28.8 Å². The minimum Gasteiger partial charge on any atom is -0.493 e. The average Bonchev–Trinajstić information content (AvgIpc) is 2.38. The van der Waals surface area contributed by atoms with Gasteiger partial charge >= 0.3 is 0 Å². The number of hydrogen-bond acceptors (Lipinski definition) is 1. The number of benzene rings is 1. The Labute approximate surface area is 117 Å². The second-order valence-electron chi connectivity index (χ2n) is 5.99. The zero-order chi connectivity index (χ0) is 13.7. The Morgan fingerprint density at radius 1 is 1.00 bits per heavy atom. The summed E-state index contributed by atoms with van der Waals surface area (Å²) in [5, 5.41) is 0. The summed E-state index contributed by atoms with van der Waals surface area (Å²) in [7, 11) is 0. The van der Waals surface area contributed by atoms with Gasteiger partial charge in [-0.1, -0.05) is 17.7 Å². The lowest BCUT2D eigenvalue weighted by atomic mass is 10.1. The van der Waals surface area contributed by atoms with E-state index in [-0.39, 0.29) is 0 Å². The summed E-state index contributed by atoms with van der Waals surface area (Å²) in [6.07, 6.45) is 5.42. The molecule has 1 saturated heterocycles. The van der Waals surface area contributed by atoms with Crippen molar-refractivity contribution < 1.29 is 9.64 Å². The van der Waals surface area contributed by atoms with Gasteiger partial charge in [-0.25, -0.2) is 0 Å². The minimum absolute atomic E-state index is 0.855. The number of hydrogen-bond donors (Lipinski definition) is 1. The molecule has 106 valence electrons. The summed E-state index contributed by atoms with van der Waals surface area (Å²) in [6.45, 7) is 11.3. The van der Waals surface area contributed by atoms with Gasteiger partial charge in [-0.15, -0.1) is 0 Å². The third-order valence-electron chi connectivity index (χ3n) is 4.09. The van der Waals surface area contributed by atoms with Crippen molar-refractivity contribution in [3.63, 3.8) is 0 Å². The minimum atomic E-state index is 0.855. The molecule has 1 aliphatic heterocycles. The smallest absolute Gasteiger partial charge is 0.125 e. The molecule has 0 saturated carbocycles. The van der Waals surface area contributed by atoms with Crippen molar-refractivity contribution in [1.29, 1.82) is 0 Å². The topological polar surface area (TPSA) is 13.7 Å². The highest BCUT2D eigenvalue weighted by Gasteiger charge is 2.13. The highest BCUT2D eigenvalue weighted by atomic mass is 16.5. The number of ether oxygens (including phenoxy) is 1. The highest BCUT2D eigenvalue weighted by molar-refractivity contribution is 5.42. The molecule has 0 atom stereocenters. The number of nitrogens with one attached hydrogen (secondary N) is 1. The molecule has 0 spiro atoms. The zero-order valence-corrected chi connectivity index (χ0v) is 12.7. The van der Waals surface area contributed by atoms with E-state index in [4.69, 9.17) is 4.74 Å². The Morgan fingerprint density at radius 2 is 1.63 bits per heavy atom. The van der Waals surface area contributed by atoms with Gasteiger partial charge in [0, 0.05) is 6.42 Å². The lowest BCUT2D eigenvalue weighted by Gasteiger charge is -2.23. The Morgan fingerprint density at radius 3 is 2.26 bits per heavy atom. The van der Waals surface area contributed by atoms with Gasteiger partial charge in [0.15, 0.2) is 0 Å². The van der Waals surface area contributed by atoms with Crippen LogP contribution in [-0.2, 0) is 0 Å². The van der Waals surface area contributed by atoms with E-state index in [0.717, 1.165) is 12.4 Å². The van der Waals surface area contributed by atoms with Crippen molar-refractivity contribution in [1.82, 2.24) is 0 Å². The van der Waals surface area contributed by atoms with Gasteiger partial charge in [-0.3, -0.25) is 0 Å². The van der Waals surface area contributed by atoms with Crippen LogP contribution in [0.1, 0.15) is 42.4 Å². The Hall–Kier alpha value is -1.02. The SMILES string of the molecule is Cc1cc(C)c(OCCC[NH+]2CCCCC2)c(C)c1. The van der Waals surface area contributed by atoms with Crippen LogP contribution in [0.3, 0.4) is 0 Å². The first kappa shape index (κ1) is 14.4. The van der Waals surface area contributed by atoms with Crippen molar-refractivity contribution >= 4 is 0 Å². The van der Waals surface area contributed by atoms with E-state index < -0.39 is 0 Å². The molecule has 1 aromatic carbocycles. The lowest BCUT2D eigenvalue weighted by Crippen LogP contribution is -3.12. The summed E-state index contributed by atoms with van der Waals surface area (Å²) in [5.74, 6) is 1.10. The molecule has 2 heteroatoms. The van der Waals surface area contributed by atoms with E-state index >= 15 is 0 Å². The van der Waals surface area contributed by atoms with Gasteiger partial charge in [0.05, 0.1) is 26.2 Å². The first-order chi connectivity index (χ1) is 9.16. The van der Waals surface area contributed by atoms with Crippen LogP contribution >= 0.6 is 0 Å². The molecule has 2 nitrogen and oxygen atoms in total. The Bertz CT molecular complexity index is 385. The first-order valence-corrected chi connectivity index (χ1v) is 7.71. The summed E-state index contributed by atoms with van der Waals surface area (Å²) in [5.41, 5.74) is 3.85. The van der Waals surface area contributed by atoms with Gasteiger partial charge in [0.1, 0.15) is 5.75 Å². The van der Waals surface area contributed by atoms with Crippen LogP contribution in [0.5, 0.6) is 5.75 Å². The molecular formula is C17H28NO+. The third-order valence-corrected chi connectivity index (χ3v) is 4.09. The van der Waals surface area contributed by atoms with Crippen LogP contribution in [0.2, 0.25) is 0 Å². The van der Waals surface area contributed by atoms with Gasteiger partial charge in [0.2, 0.25) is 0 Å². The van der Waals surface area contributed by atoms with Crippen LogP contribution in [0, 0.1) is 20.8 Å². The predicted molar refractivity (Wildman–Crippen MR) is 80.2 cm³/mol. The number of rotatable bonds is 5. The van der Waals surface area contributed by atoms with E-state index in [9.17, 15) is 0 Å². The molecule has 0 amide bonds. The maximum Gasteiger partial charge on any atom is 0.125 e. The molecule has 1 aliphatic rings. The van der Waals surface area contributed by atoms with Gasteiger partial charge in [-0.05, 0) is 51.2 Å². The first-order valence-electron chi connectivity index (χ1n) is 7.71. The maximum absolute atomic E-state index is 6.00. The van der Waals surface area contributed by atoms with Crippen molar-refractivity contribution in [2.24, 2.45) is 0 Å². The van der Waals surface area contributed by atoms with Crippen LogP contribution < -0.4 is 9.64 Å². The molecule has 2 rings (SSSR count). The molecule has 0 aliphatic carbocycles. The van der Waals surface area contributed by atoms with Gasteiger partial charge < -0.3 is 9.64 Å². The molecule has 1 N–H and O–H groups in total. The summed E-state index contributed by atoms with van der Waals surface area (Å²) >= 11 is 0. The second kappa shape index (κ2) is 6.95. The van der Waals surface area contributed by atoms with E-state index in [1.807, 2.05) is 0 Å². The fourth-order valence-electron chi connectivity index (χ4n) is 3.19. The predicted octanol–water partition coefficient (Wildman–Crippen LogP) is 2.45. The number of aryl methyl sites for hydroxylation is 3.